The number of carbonyl (C=O) groups is 2. The van der Waals surface area contributed by atoms with Crippen LogP contribution in [0.4, 0.5) is 10.1 Å². The van der Waals surface area contributed by atoms with Crippen LogP contribution in [0, 0.1) is 5.82 Å². The van der Waals surface area contributed by atoms with Crippen LogP contribution in [0.3, 0.4) is 0 Å². The van der Waals surface area contributed by atoms with Crippen LogP contribution < -0.4 is 16.0 Å². The van der Waals surface area contributed by atoms with Crippen molar-refractivity contribution in [2.24, 2.45) is 5.73 Å². The fourth-order valence-electron chi connectivity index (χ4n) is 3.21. The topological polar surface area (TPSA) is 75.4 Å². The third-order valence-electron chi connectivity index (χ3n) is 4.40. The number of carbonyl (C=O) groups excluding carboxylic acids is 2. The molecule has 4 rings (SSSR count). The van der Waals surface area contributed by atoms with Gasteiger partial charge in [0.15, 0.2) is 0 Å². The van der Waals surface area contributed by atoms with E-state index in [1.54, 1.807) is 41.3 Å². The van der Waals surface area contributed by atoms with E-state index in [0.29, 0.717) is 16.8 Å². The van der Waals surface area contributed by atoms with Gasteiger partial charge in [0.05, 0.1) is 17.8 Å². The molecule has 0 saturated carbocycles. The van der Waals surface area contributed by atoms with E-state index in [4.69, 9.17) is 5.73 Å². The lowest BCUT2D eigenvalue weighted by molar-refractivity contribution is -0.116. The van der Waals surface area contributed by atoms with Crippen molar-refractivity contribution in [2.45, 2.75) is 6.17 Å². The molecule has 5 nitrogen and oxygen atoms in total. The third-order valence-corrected chi connectivity index (χ3v) is 5.57. The van der Waals surface area contributed by atoms with Gasteiger partial charge in [-0.25, -0.2) is 4.39 Å². The minimum atomic E-state index is -0.551. The van der Waals surface area contributed by atoms with E-state index in [2.05, 4.69) is 5.32 Å². The fraction of sp³-hybridized carbons (Fsp3) is 0.100. The molecule has 1 atom stereocenters. The lowest BCUT2D eigenvalue weighted by atomic mass is 10.1. The van der Waals surface area contributed by atoms with Crippen molar-refractivity contribution < 1.29 is 14.0 Å². The molecular weight excluding hydrogens is 365 g/mol. The molecule has 0 radical (unpaired) electrons. The molecular formula is C20H16FN3O2S. The van der Waals surface area contributed by atoms with E-state index in [1.807, 2.05) is 18.2 Å². The molecule has 0 fully saturated rings. The van der Waals surface area contributed by atoms with Crippen LogP contribution in [0.25, 0.3) is 10.4 Å². The number of hydrogen-bond acceptors (Lipinski definition) is 4. The number of rotatable bonds is 4. The summed E-state index contributed by atoms with van der Waals surface area (Å²) in [5, 5.41) is 2.92. The lowest BCUT2D eigenvalue weighted by Gasteiger charge is -2.37. The summed E-state index contributed by atoms with van der Waals surface area (Å²) in [6.07, 6.45) is -0.551. The first-order valence-corrected chi connectivity index (χ1v) is 9.15. The van der Waals surface area contributed by atoms with Gasteiger partial charge in [-0.3, -0.25) is 9.59 Å². The first kappa shape index (κ1) is 17.2. The Morgan fingerprint density at radius 2 is 1.78 bits per heavy atom. The van der Waals surface area contributed by atoms with Gasteiger partial charge in [-0.15, -0.1) is 11.3 Å². The molecule has 2 aromatic carbocycles. The average molecular weight is 381 g/mol. The summed E-state index contributed by atoms with van der Waals surface area (Å²) in [5.74, 6) is -1.04. The lowest BCUT2D eigenvalue weighted by Crippen LogP contribution is -2.49. The van der Waals surface area contributed by atoms with Gasteiger partial charge in [0.25, 0.3) is 5.91 Å². The highest BCUT2D eigenvalue weighted by atomic mass is 32.1. The number of nitrogens with one attached hydrogen (secondary N) is 1. The van der Waals surface area contributed by atoms with Crippen LogP contribution in [-0.2, 0) is 4.79 Å². The highest BCUT2D eigenvalue weighted by molar-refractivity contribution is 7.15. The van der Waals surface area contributed by atoms with Crippen molar-refractivity contribution in [1.82, 2.24) is 5.32 Å². The van der Waals surface area contributed by atoms with Gasteiger partial charge >= 0.3 is 0 Å². The SMILES string of the molecule is NC(=O)CN1c2ccccc2C(=O)N[C@H]1c1ccc(-c2ccccc2F)s1. The Labute approximate surface area is 159 Å². The van der Waals surface area contributed by atoms with Gasteiger partial charge in [-0.2, -0.15) is 0 Å². The quantitative estimate of drug-likeness (QED) is 0.728. The smallest absolute Gasteiger partial charge is 0.255 e. The molecule has 0 bridgehead atoms. The van der Waals surface area contributed by atoms with Gasteiger partial charge in [0, 0.05) is 15.3 Å². The van der Waals surface area contributed by atoms with E-state index >= 15 is 0 Å². The van der Waals surface area contributed by atoms with Crippen LogP contribution in [0.5, 0.6) is 0 Å². The maximum absolute atomic E-state index is 14.1. The minimum Gasteiger partial charge on any atom is -0.368 e. The maximum Gasteiger partial charge on any atom is 0.255 e. The van der Waals surface area contributed by atoms with Crippen molar-refractivity contribution in [3.63, 3.8) is 0 Å². The summed E-state index contributed by atoms with van der Waals surface area (Å²) < 4.78 is 14.1. The molecule has 3 N–H and O–H groups in total. The number of amides is 2. The van der Waals surface area contributed by atoms with E-state index in [1.165, 1.54) is 17.4 Å². The second kappa shape index (κ2) is 6.85. The van der Waals surface area contributed by atoms with Crippen LogP contribution in [0.2, 0.25) is 0 Å². The molecule has 3 aromatic rings. The van der Waals surface area contributed by atoms with Gasteiger partial charge < -0.3 is 16.0 Å². The zero-order valence-corrected chi connectivity index (χ0v) is 15.0. The Hall–Kier alpha value is -3.19. The summed E-state index contributed by atoms with van der Waals surface area (Å²) in [6, 6.07) is 17.2. The van der Waals surface area contributed by atoms with E-state index in [0.717, 1.165) is 9.75 Å². The summed E-state index contributed by atoms with van der Waals surface area (Å²) in [5.41, 5.74) is 7.06. The number of nitrogens with zero attached hydrogens (tertiary/aromatic N) is 1. The van der Waals surface area contributed by atoms with Gasteiger partial charge in [-0.05, 0) is 30.3 Å². The largest absolute Gasteiger partial charge is 0.368 e. The van der Waals surface area contributed by atoms with Crippen molar-refractivity contribution >= 4 is 28.8 Å². The van der Waals surface area contributed by atoms with Crippen molar-refractivity contribution in [3.8, 4) is 10.4 Å². The van der Waals surface area contributed by atoms with Gasteiger partial charge in [0.1, 0.15) is 12.0 Å². The zero-order chi connectivity index (χ0) is 19.0. The molecule has 2 heterocycles. The number of primary amides is 1. The number of halogens is 1. The van der Waals surface area contributed by atoms with E-state index < -0.39 is 12.1 Å². The normalized spacial score (nSPS) is 16.0. The van der Waals surface area contributed by atoms with E-state index in [-0.39, 0.29) is 18.3 Å². The number of anilines is 1. The molecule has 0 unspecified atom stereocenters. The monoisotopic (exact) mass is 381 g/mol. The molecule has 136 valence electrons. The second-order valence-electron chi connectivity index (χ2n) is 6.17. The number of hydrogen-bond donors (Lipinski definition) is 2. The Balaban J connectivity index is 1.75. The maximum atomic E-state index is 14.1. The van der Waals surface area contributed by atoms with Gasteiger partial charge in [0.2, 0.25) is 5.91 Å². The zero-order valence-electron chi connectivity index (χ0n) is 14.2. The van der Waals surface area contributed by atoms with Crippen LogP contribution in [0.1, 0.15) is 21.4 Å². The predicted molar refractivity (Wildman–Crippen MR) is 103 cm³/mol. The Morgan fingerprint density at radius 1 is 1.07 bits per heavy atom. The fourth-order valence-corrected chi connectivity index (χ4v) is 4.31. The number of para-hydroxylation sites is 1. The highest BCUT2D eigenvalue weighted by Crippen LogP contribution is 2.38. The molecule has 0 saturated heterocycles. The average Bonchev–Trinajstić information content (AvgIpc) is 3.14. The first-order chi connectivity index (χ1) is 13.0. The van der Waals surface area contributed by atoms with Crippen molar-refractivity contribution in [1.29, 1.82) is 0 Å². The molecule has 0 aliphatic carbocycles. The van der Waals surface area contributed by atoms with Crippen molar-refractivity contribution in [3.05, 3.63) is 76.9 Å². The van der Waals surface area contributed by atoms with Gasteiger partial charge in [-0.1, -0.05) is 30.3 Å². The number of fused-ring (bicyclic) bond motifs is 1. The van der Waals surface area contributed by atoms with E-state index in [9.17, 15) is 14.0 Å². The number of thiophene rings is 1. The van der Waals surface area contributed by atoms with Crippen LogP contribution in [0.15, 0.2) is 60.7 Å². The standard InChI is InChI=1S/C20H16FN3O2S/c21-14-7-3-1-5-12(14)16-9-10-17(27-16)19-23-20(26)13-6-2-4-8-15(13)24(19)11-18(22)25/h1-10,19H,11H2,(H2,22,25)(H,23,26)/t19-/m1/s1. The summed E-state index contributed by atoms with van der Waals surface area (Å²) in [6.45, 7) is -0.0467. The van der Waals surface area contributed by atoms with Crippen LogP contribution in [-0.4, -0.2) is 18.4 Å². The van der Waals surface area contributed by atoms with Crippen LogP contribution >= 0.6 is 11.3 Å². The molecule has 27 heavy (non-hydrogen) atoms. The molecule has 0 spiro atoms. The number of nitrogens with two attached hydrogens (primary N) is 1. The summed E-state index contributed by atoms with van der Waals surface area (Å²) in [4.78, 5) is 27.4. The number of benzene rings is 2. The Kier molecular flexibility index (Phi) is 4.37. The molecule has 1 aliphatic heterocycles. The van der Waals surface area contributed by atoms with Crippen molar-refractivity contribution in [2.75, 3.05) is 11.4 Å². The predicted octanol–water partition coefficient (Wildman–Crippen LogP) is 3.29. The summed E-state index contributed by atoms with van der Waals surface area (Å²) in [7, 11) is 0. The Morgan fingerprint density at radius 3 is 2.52 bits per heavy atom. The summed E-state index contributed by atoms with van der Waals surface area (Å²) >= 11 is 1.37. The molecule has 7 heteroatoms. The molecule has 1 aromatic heterocycles. The minimum absolute atomic E-state index is 0.0467. The third kappa shape index (κ3) is 3.17. The molecule has 1 aliphatic rings. The highest BCUT2D eigenvalue weighted by Gasteiger charge is 2.33. The molecule has 2 amide bonds. The Bertz CT molecular complexity index is 1030. The first-order valence-electron chi connectivity index (χ1n) is 8.34. The second-order valence-corrected chi connectivity index (χ2v) is 7.28.